The topological polar surface area (TPSA) is 86.8 Å². The summed E-state index contributed by atoms with van der Waals surface area (Å²) in [7, 11) is 0. The number of ketones is 2. The number of piperazine rings is 1. The first-order valence-electron chi connectivity index (χ1n) is 9.55. The molecule has 1 heterocycles. The van der Waals surface area contributed by atoms with Crippen LogP contribution in [0, 0.1) is 0 Å². The van der Waals surface area contributed by atoms with Crippen LogP contribution >= 0.6 is 0 Å². The molecule has 1 aliphatic heterocycles. The molecule has 7 heteroatoms. The highest BCUT2D eigenvalue weighted by Crippen LogP contribution is 2.31. The molecule has 0 aromatic heterocycles. The molecule has 2 amide bonds. The third-order valence-electron chi connectivity index (χ3n) is 5.41. The maximum Gasteiger partial charge on any atom is 0.238 e. The molecule has 29 heavy (non-hydrogen) atoms. The molecule has 2 aromatic rings. The van der Waals surface area contributed by atoms with Crippen molar-refractivity contribution < 1.29 is 19.2 Å². The van der Waals surface area contributed by atoms with Gasteiger partial charge in [0.05, 0.1) is 17.8 Å². The minimum Gasteiger partial charge on any atom is -0.340 e. The molecule has 2 aliphatic rings. The lowest BCUT2D eigenvalue weighted by atomic mass is 9.83. The van der Waals surface area contributed by atoms with Gasteiger partial charge in [0, 0.05) is 49.8 Å². The second-order valence-electron chi connectivity index (χ2n) is 7.26. The van der Waals surface area contributed by atoms with Crippen LogP contribution in [0.3, 0.4) is 0 Å². The van der Waals surface area contributed by atoms with Crippen LogP contribution in [0.1, 0.15) is 38.8 Å². The van der Waals surface area contributed by atoms with Crippen LogP contribution in [0.15, 0.2) is 42.5 Å². The van der Waals surface area contributed by atoms with Gasteiger partial charge >= 0.3 is 0 Å². The number of benzene rings is 2. The van der Waals surface area contributed by atoms with Crippen LogP contribution in [0.25, 0.3) is 0 Å². The summed E-state index contributed by atoms with van der Waals surface area (Å²) in [6.45, 7) is 4.11. The second kappa shape index (κ2) is 7.60. The molecule has 0 atom stereocenters. The lowest BCUT2D eigenvalue weighted by Gasteiger charge is -2.33. The first-order valence-corrected chi connectivity index (χ1v) is 9.55. The molecule has 1 aliphatic carbocycles. The fourth-order valence-corrected chi connectivity index (χ4v) is 3.86. The Bertz CT molecular complexity index is 1020. The number of carbonyl (C=O) groups excluding carboxylic acids is 4. The van der Waals surface area contributed by atoms with Gasteiger partial charge in [0.2, 0.25) is 11.8 Å². The number of carbonyl (C=O) groups is 4. The Morgan fingerprint density at radius 3 is 2.14 bits per heavy atom. The summed E-state index contributed by atoms with van der Waals surface area (Å²) in [5, 5.41) is 2.80. The van der Waals surface area contributed by atoms with Crippen LogP contribution in [-0.4, -0.2) is 65.9 Å². The predicted octanol–water partition coefficient (Wildman–Crippen LogP) is 1.56. The molecular weight excluding hydrogens is 370 g/mol. The summed E-state index contributed by atoms with van der Waals surface area (Å²) in [4.78, 5) is 53.5. The van der Waals surface area contributed by atoms with E-state index in [-0.39, 0.29) is 35.5 Å². The van der Waals surface area contributed by atoms with Crippen molar-refractivity contribution in [2.24, 2.45) is 0 Å². The van der Waals surface area contributed by atoms with Crippen molar-refractivity contribution in [3.05, 3.63) is 64.7 Å². The number of rotatable bonds is 3. The van der Waals surface area contributed by atoms with Crippen molar-refractivity contribution in [3.63, 3.8) is 0 Å². The van der Waals surface area contributed by atoms with E-state index in [1.165, 1.54) is 6.92 Å². The molecule has 148 valence electrons. The average molecular weight is 391 g/mol. The van der Waals surface area contributed by atoms with Crippen LogP contribution in [0.5, 0.6) is 0 Å². The number of hydrogen-bond donors (Lipinski definition) is 1. The summed E-state index contributed by atoms with van der Waals surface area (Å²) in [6.07, 6.45) is 0. The van der Waals surface area contributed by atoms with E-state index < -0.39 is 0 Å². The van der Waals surface area contributed by atoms with E-state index in [2.05, 4.69) is 5.32 Å². The van der Waals surface area contributed by atoms with Crippen molar-refractivity contribution in [1.29, 1.82) is 0 Å². The second-order valence-corrected chi connectivity index (χ2v) is 7.26. The number of fused-ring (bicyclic) bond motifs is 2. The molecule has 1 N–H and O–H groups in total. The standard InChI is InChI=1S/C22H21N3O4/c1-14(26)25-11-9-24(10-12-25)13-19(27)23-18-8-4-7-17-20(18)22(29)16-6-3-2-5-15(16)21(17)28/h2-8H,9-13H2,1H3,(H,23,27). The van der Waals surface area contributed by atoms with Crippen molar-refractivity contribution in [2.75, 3.05) is 38.0 Å². The lowest BCUT2D eigenvalue weighted by molar-refractivity contribution is -0.130. The highest BCUT2D eigenvalue weighted by Gasteiger charge is 2.31. The molecule has 0 radical (unpaired) electrons. The zero-order valence-corrected chi connectivity index (χ0v) is 16.1. The van der Waals surface area contributed by atoms with Gasteiger partial charge in [0.25, 0.3) is 0 Å². The fourth-order valence-electron chi connectivity index (χ4n) is 3.86. The Morgan fingerprint density at radius 2 is 1.48 bits per heavy atom. The third kappa shape index (κ3) is 3.56. The average Bonchev–Trinajstić information content (AvgIpc) is 2.72. The number of nitrogens with zero attached hydrogens (tertiary/aromatic N) is 2. The van der Waals surface area contributed by atoms with Gasteiger partial charge in [-0.1, -0.05) is 36.4 Å². The van der Waals surface area contributed by atoms with Gasteiger partial charge in [-0.05, 0) is 6.07 Å². The van der Waals surface area contributed by atoms with Crippen molar-refractivity contribution in [2.45, 2.75) is 6.92 Å². The highest BCUT2D eigenvalue weighted by molar-refractivity contribution is 6.30. The van der Waals surface area contributed by atoms with Gasteiger partial charge in [-0.3, -0.25) is 24.1 Å². The molecule has 7 nitrogen and oxygen atoms in total. The van der Waals surface area contributed by atoms with E-state index in [4.69, 9.17) is 0 Å². The molecular formula is C22H21N3O4. The molecule has 1 fully saturated rings. The smallest absolute Gasteiger partial charge is 0.238 e. The lowest BCUT2D eigenvalue weighted by Crippen LogP contribution is -2.49. The zero-order chi connectivity index (χ0) is 20.5. The monoisotopic (exact) mass is 391 g/mol. The maximum atomic E-state index is 13.0. The van der Waals surface area contributed by atoms with E-state index in [0.717, 1.165) is 0 Å². The van der Waals surface area contributed by atoms with E-state index in [1.54, 1.807) is 47.4 Å². The molecule has 4 rings (SSSR count). The Balaban J connectivity index is 1.51. The van der Waals surface area contributed by atoms with E-state index >= 15 is 0 Å². The van der Waals surface area contributed by atoms with Crippen LogP contribution in [-0.2, 0) is 9.59 Å². The van der Waals surface area contributed by atoms with Crippen molar-refractivity contribution >= 4 is 29.1 Å². The summed E-state index contributed by atoms with van der Waals surface area (Å²) in [5.74, 6) is -0.699. The Labute approximate surface area is 168 Å². The van der Waals surface area contributed by atoms with Gasteiger partial charge < -0.3 is 10.2 Å². The first kappa shape index (κ1) is 19.0. The number of nitrogens with one attached hydrogen (secondary N) is 1. The Hall–Kier alpha value is -3.32. The fraction of sp³-hybridized carbons (Fsp3) is 0.273. The van der Waals surface area contributed by atoms with Gasteiger partial charge in [0.1, 0.15) is 0 Å². The van der Waals surface area contributed by atoms with Gasteiger partial charge in [-0.25, -0.2) is 0 Å². The van der Waals surface area contributed by atoms with Crippen molar-refractivity contribution in [3.8, 4) is 0 Å². The van der Waals surface area contributed by atoms with Crippen molar-refractivity contribution in [1.82, 2.24) is 9.80 Å². The minimum absolute atomic E-state index is 0.0356. The molecule has 0 unspecified atom stereocenters. The SMILES string of the molecule is CC(=O)N1CCN(CC(=O)Nc2cccc3c2C(=O)c2ccccc2C3=O)CC1. The summed E-state index contributed by atoms with van der Waals surface area (Å²) >= 11 is 0. The molecule has 0 bridgehead atoms. The Kier molecular flexibility index (Phi) is 4.98. The molecule has 1 saturated heterocycles. The number of anilines is 1. The quantitative estimate of drug-likeness (QED) is 0.732. The number of hydrogen-bond acceptors (Lipinski definition) is 5. The third-order valence-corrected chi connectivity index (χ3v) is 5.41. The normalized spacial score (nSPS) is 16.2. The molecule has 0 spiro atoms. The summed E-state index contributed by atoms with van der Waals surface area (Å²) in [5.41, 5.74) is 1.64. The number of amides is 2. The minimum atomic E-state index is -0.263. The van der Waals surface area contributed by atoms with Crippen LogP contribution < -0.4 is 5.32 Å². The molecule has 0 saturated carbocycles. The first-order chi connectivity index (χ1) is 14.0. The van der Waals surface area contributed by atoms with E-state index in [1.807, 2.05) is 4.90 Å². The molecule has 2 aromatic carbocycles. The van der Waals surface area contributed by atoms with Crippen LogP contribution in [0.2, 0.25) is 0 Å². The van der Waals surface area contributed by atoms with E-state index in [9.17, 15) is 19.2 Å². The summed E-state index contributed by atoms with van der Waals surface area (Å²) < 4.78 is 0. The van der Waals surface area contributed by atoms with Gasteiger partial charge in [-0.2, -0.15) is 0 Å². The van der Waals surface area contributed by atoms with E-state index in [0.29, 0.717) is 48.6 Å². The predicted molar refractivity (Wildman–Crippen MR) is 107 cm³/mol. The zero-order valence-electron chi connectivity index (χ0n) is 16.1. The van der Waals surface area contributed by atoms with Crippen LogP contribution in [0.4, 0.5) is 5.69 Å². The largest absolute Gasteiger partial charge is 0.340 e. The van der Waals surface area contributed by atoms with Gasteiger partial charge in [0.15, 0.2) is 11.6 Å². The highest BCUT2D eigenvalue weighted by atomic mass is 16.2. The maximum absolute atomic E-state index is 13.0. The van der Waals surface area contributed by atoms with Gasteiger partial charge in [-0.15, -0.1) is 0 Å². The Morgan fingerprint density at radius 1 is 0.862 bits per heavy atom. The summed E-state index contributed by atoms with van der Waals surface area (Å²) in [6, 6.07) is 11.6.